The number of aromatic nitrogens is 1. The van der Waals surface area contributed by atoms with Gasteiger partial charge < -0.3 is 24.4 Å². The lowest BCUT2D eigenvalue weighted by atomic mass is 10.1. The number of anilines is 2. The van der Waals surface area contributed by atoms with Gasteiger partial charge in [-0.05, 0) is 61.9 Å². The summed E-state index contributed by atoms with van der Waals surface area (Å²) in [7, 11) is 1.63. The van der Waals surface area contributed by atoms with E-state index >= 15 is 0 Å². The number of amides is 2. The summed E-state index contributed by atoms with van der Waals surface area (Å²) < 4.78 is 6.49. The van der Waals surface area contributed by atoms with Gasteiger partial charge in [0.15, 0.2) is 0 Å². The monoisotopic (exact) mass is 499 g/mol. The third kappa shape index (κ3) is 5.48. The predicted octanol–water partition coefficient (Wildman–Crippen LogP) is 2.95. The number of nitrogens with one attached hydrogen (secondary N) is 1. The third-order valence-corrected chi connectivity index (χ3v) is 6.55. The van der Waals surface area contributed by atoms with Gasteiger partial charge >= 0.3 is 0 Å². The van der Waals surface area contributed by atoms with Crippen molar-refractivity contribution in [2.75, 3.05) is 43.5 Å². The van der Waals surface area contributed by atoms with Gasteiger partial charge in [0.1, 0.15) is 23.9 Å². The maximum absolute atomic E-state index is 13.4. The number of ether oxygens (including phenoxy) is 1. The molecule has 37 heavy (non-hydrogen) atoms. The van der Waals surface area contributed by atoms with Crippen molar-refractivity contribution in [2.45, 2.75) is 20.4 Å². The minimum Gasteiger partial charge on any atom is -0.497 e. The second kappa shape index (κ2) is 11.0. The lowest BCUT2D eigenvalue weighted by Crippen LogP contribution is -2.49. The van der Waals surface area contributed by atoms with Crippen LogP contribution < -0.4 is 20.5 Å². The van der Waals surface area contributed by atoms with Crippen molar-refractivity contribution in [3.05, 3.63) is 87.3 Å². The molecule has 2 heterocycles. The quantitative estimate of drug-likeness (QED) is 0.559. The van der Waals surface area contributed by atoms with Crippen molar-refractivity contribution < 1.29 is 14.3 Å². The molecule has 2 aromatic carbocycles. The van der Waals surface area contributed by atoms with Crippen LogP contribution in [0.25, 0.3) is 0 Å². The fourth-order valence-corrected chi connectivity index (χ4v) is 4.50. The van der Waals surface area contributed by atoms with E-state index in [0.717, 1.165) is 11.4 Å². The number of aryl methyl sites for hydroxylation is 2. The fourth-order valence-electron chi connectivity index (χ4n) is 4.50. The van der Waals surface area contributed by atoms with Crippen LogP contribution in [0.15, 0.2) is 59.4 Å². The lowest BCUT2D eigenvalue weighted by Gasteiger charge is -2.36. The van der Waals surface area contributed by atoms with E-state index in [-0.39, 0.29) is 18.0 Å². The number of nitriles is 1. The Morgan fingerprint density at radius 1 is 1.03 bits per heavy atom. The molecule has 9 heteroatoms. The predicted molar refractivity (Wildman–Crippen MR) is 141 cm³/mol. The highest BCUT2D eigenvalue weighted by molar-refractivity contribution is 6.03. The molecule has 0 aliphatic carbocycles. The molecule has 1 N–H and O–H groups in total. The molecule has 0 bridgehead atoms. The Morgan fingerprint density at radius 2 is 1.70 bits per heavy atom. The van der Waals surface area contributed by atoms with Gasteiger partial charge in [-0.15, -0.1) is 0 Å². The van der Waals surface area contributed by atoms with Gasteiger partial charge in [-0.25, -0.2) is 0 Å². The summed E-state index contributed by atoms with van der Waals surface area (Å²) in [6.45, 7) is 5.60. The number of benzene rings is 2. The molecule has 0 saturated carbocycles. The molecule has 2 amide bonds. The highest BCUT2D eigenvalue weighted by Crippen LogP contribution is 2.23. The second-order valence-corrected chi connectivity index (χ2v) is 8.92. The smallest absolute Gasteiger partial charge is 0.269 e. The zero-order valence-corrected chi connectivity index (χ0v) is 21.2. The minimum atomic E-state index is -0.505. The van der Waals surface area contributed by atoms with Gasteiger partial charge in [0, 0.05) is 37.6 Å². The number of piperazine rings is 1. The summed E-state index contributed by atoms with van der Waals surface area (Å²) in [6.07, 6.45) is 0. The first-order valence-electron chi connectivity index (χ1n) is 12.0. The summed E-state index contributed by atoms with van der Waals surface area (Å²) in [5.41, 5.74) is 2.51. The fraction of sp³-hybridized carbons (Fsp3) is 0.286. The number of nitrogens with zero attached hydrogens (tertiary/aromatic N) is 4. The zero-order chi connectivity index (χ0) is 26.5. The van der Waals surface area contributed by atoms with Crippen LogP contribution in [0.3, 0.4) is 0 Å². The van der Waals surface area contributed by atoms with Crippen LogP contribution in [0.4, 0.5) is 11.4 Å². The van der Waals surface area contributed by atoms with E-state index in [0.29, 0.717) is 48.7 Å². The SMILES string of the molecule is COc1ccc(N2CCN(C(=O)c3ccccc3NC(=O)Cn3c(C)cc(C)c(C#N)c3=O)CC2)cc1. The Balaban J connectivity index is 1.44. The van der Waals surface area contributed by atoms with Gasteiger partial charge in [-0.1, -0.05) is 12.1 Å². The zero-order valence-electron chi connectivity index (χ0n) is 21.2. The van der Waals surface area contributed by atoms with Crippen molar-refractivity contribution in [1.29, 1.82) is 5.26 Å². The number of methoxy groups -OCH3 is 1. The van der Waals surface area contributed by atoms with E-state index in [4.69, 9.17) is 4.74 Å². The molecule has 0 unspecified atom stereocenters. The Labute approximate surface area is 215 Å². The molecule has 0 atom stereocenters. The molecule has 3 aromatic rings. The average Bonchev–Trinajstić information content (AvgIpc) is 2.91. The first-order valence-corrected chi connectivity index (χ1v) is 12.0. The molecule has 1 aliphatic rings. The van der Waals surface area contributed by atoms with E-state index in [1.54, 1.807) is 56.2 Å². The molecular weight excluding hydrogens is 470 g/mol. The van der Waals surface area contributed by atoms with Gasteiger partial charge in [0.25, 0.3) is 11.5 Å². The van der Waals surface area contributed by atoms with E-state index in [1.165, 1.54) is 4.57 Å². The molecule has 4 rings (SSSR count). The second-order valence-electron chi connectivity index (χ2n) is 8.92. The topological polar surface area (TPSA) is 108 Å². The molecule has 0 spiro atoms. The van der Waals surface area contributed by atoms with Gasteiger partial charge in [0.2, 0.25) is 5.91 Å². The van der Waals surface area contributed by atoms with Crippen molar-refractivity contribution in [2.24, 2.45) is 0 Å². The Bertz CT molecular complexity index is 1410. The van der Waals surface area contributed by atoms with Crippen molar-refractivity contribution in [3.8, 4) is 11.8 Å². The first-order chi connectivity index (χ1) is 17.8. The van der Waals surface area contributed by atoms with Crippen LogP contribution in [0.1, 0.15) is 27.2 Å². The Kier molecular flexibility index (Phi) is 7.58. The number of rotatable bonds is 6. The molecule has 1 fully saturated rings. The van der Waals surface area contributed by atoms with Crippen LogP contribution >= 0.6 is 0 Å². The molecule has 1 aliphatic heterocycles. The number of carbonyl (C=O) groups excluding carboxylic acids is 2. The molecule has 190 valence electrons. The van der Waals surface area contributed by atoms with Crippen LogP contribution in [0.2, 0.25) is 0 Å². The number of hydrogen-bond acceptors (Lipinski definition) is 6. The van der Waals surface area contributed by atoms with Gasteiger partial charge in [0.05, 0.1) is 18.4 Å². The van der Waals surface area contributed by atoms with Crippen LogP contribution in [-0.4, -0.2) is 54.6 Å². The van der Waals surface area contributed by atoms with E-state index < -0.39 is 11.5 Å². The number of hydrogen-bond donors (Lipinski definition) is 1. The first kappa shape index (κ1) is 25.5. The largest absolute Gasteiger partial charge is 0.497 e. The molecule has 0 radical (unpaired) electrons. The number of carbonyl (C=O) groups is 2. The summed E-state index contributed by atoms with van der Waals surface area (Å²) in [5.74, 6) is 0.174. The molecule has 1 saturated heterocycles. The molecule has 9 nitrogen and oxygen atoms in total. The normalized spacial score (nSPS) is 13.1. The van der Waals surface area contributed by atoms with E-state index in [9.17, 15) is 19.6 Å². The van der Waals surface area contributed by atoms with Crippen molar-refractivity contribution in [1.82, 2.24) is 9.47 Å². The van der Waals surface area contributed by atoms with Crippen molar-refractivity contribution in [3.63, 3.8) is 0 Å². The summed E-state index contributed by atoms with van der Waals surface area (Å²) >= 11 is 0. The Morgan fingerprint density at radius 3 is 2.35 bits per heavy atom. The summed E-state index contributed by atoms with van der Waals surface area (Å²) in [5, 5.41) is 12.1. The average molecular weight is 500 g/mol. The van der Waals surface area contributed by atoms with E-state index in [2.05, 4.69) is 10.2 Å². The van der Waals surface area contributed by atoms with Crippen LogP contribution in [0.5, 0.6) is 5.75 Å². The third-order valence-electron chi connectivity index (χ3n) is 6.55. The van der Waals surface area contributed by atoms with Crippen LogP contribution in [0, 0.1) is 25.2 Å². The van der Waals surface area contributed by atoms with Gasteiger partial charge in [-0.3, -0.25) is 14.4 Å². The molecular formula is C28H29N5O4. The van der Waals surface area contributed by atoms with Crippen molar-refractivity contribution >= 4 is 23.2 Å². The number of pyridine rings is 1. The standard InChI is InChI=1S/C28H29N5O4/c1-19-16-20(2)33(28(36)24(19)17-29)18-26(34)30-25-7-5-4-6-23(25)27(35)32-14-12-31(13-15-32)21-8-10-22(37-3)11-9-21/h4-11,16H,12-15,18H2,1-3H3,(H,30,34). The Hall–Kier alpha value is -4.58. The maximum atomic E-state index is 13.4. The van der Waals surface area contributed by atoms with Gasteiger partial charge in [-0.2, -0.15) is 5.26 Å². The highest BCUT2D eigenvalue weighted by atomic mass is 16.5. The minimum absolute atomic E-state index is 0.0164. The number of para-hydroxylation sites is 1. The maximum Gasteiger partial charge on any atom is 0.269 e. The van der Waals surface area contributed by atoms with E-state index in [1.807, 2.05) is 30.3 Å². The summed E-state index contributed by atoms with van der Waals surface area (Å²) in [4.78, 5) is 42.9. The highest BCUT2D eigenvalue weighted by Gasteiger charge is 2.24. The summed E-state index contributed by atoms with van der Waals surface area (Å²) in [6, 6.07) is 18.3. The lowest BCUT2D eigenvalue weighted by molar-refractivity contribution is -0.116. The molecule has 1 aromatic heterocycles. The van der Waals surface area contributed by atoms with Crippen LogP contribution in [-0.2, 0) is 11.3 Å².